The van der Waals surface area contributed by atoms with E-state index in [0.29, 0.717) is 0 Å². The summed E-state index contributed by atoms with van der Waals surface area (Å²) < 4.78 is 1.30. The van der Waals surface area contributed by atoms with Crippen LogP contribution in [0.2, 0.25) is 0 Å². The molecule has 0 saturated carbocycles. The fourth-order valence-corrected chi connectivity index (χ4v) is 5.34. The molecule has 0 radical (unpaired) electrons. The molecule has 1 aromatic rings. The molecule has 2 aliphatic heterocycles. The lowest BCUT2D eigenvalue weighted by atomic mass is 9.81. The highest BCUT2D eigenvalue weighted by Crippen LogP contribution is 2.37. The standard InChI is InChI=1S/C16H25BrN2S/c1-2-7-18-12-9-13-4-3-5-14(10-12)19(13)11-16-15(17)6-8-20-16/h6,8,12-14,18H,2-5,7,9-11H2,1H3. The Kier molecular flexibility index (Phi) is 5.18. The molecule has 4 heteroatoms. The number of piperidine rings is 2. The zero-order valence-corrected chi connectivity index (χ0v) is 14.7. The molecule has 1 N–H and O–H groups in total. The molecule has 2 unspecified atom stereocenters. The summed E-state index contributed by atoms with van der Waals surface area (Å²) in [4.78, 5) is 4.30. The number of nitrogens with zero attached hydrogens (tertiary/aromatic N) is 1. The van der Waals surface area contributed by atoms with Crippen LogP contribution in [0.25, 0.3) is 0 Å². The van der Waals surface area contributed by atoms with E-state index in [0.717, 1.165) is 24.7 Å². The van der Waals surface area contributed by atoms with Gasteiger partial charge in [0.25, 0.3) is 0 Å². The van der Waals surface area contributed by atoms with Crippen molar-refractivity contribution in [1.29, 1.82) is 0 Å². The van der Waals surface area contributed by atoms with E-state index in [1.54, 1.807) is 0 Å². The van der Waals surface area contributed by atoms with Crippen LogP contribution in [-0.2, 0) is 6.54 Å². The minimum Gasteiger partial charge on any atom is -0.314 e. The molecule has 0 spiro atoms. The van der Waals surface area contributed by atoms with Crippen molar-refractivity contribution in [1.82, 2.24) is 10.2 Å². The van der Waals surface area contributed by atoms with Crippen LogP contribution in [0.4, 0.5) is 0 Å². The average molecular weight is 357 g/mol. The van der Waals surface area contributed by atoms with Crippen LogP contribution in [0.15, 0.2) is 15.9 Å². The van der Waals surface area contributed by atoms with Gasteiger partial charge in [-0.3, -0.25) is 4.90 Å². The van der Waals surface area contributed by atoms with Crippen molar-refractivity contribution in [2.24, 2.45) is 0 Å². The van der Waals surface area contributed by atoms with Crippen molar-refractivity contribution in [3.63, 3.8) is 0 Å². The van der Waals surface area contributed by atoms with E-state index in [2.05, 4.69) is 44.5 Å². The Hall–Kier alpha value is 0.100. The van der Waals surface area contributed by atoms with Gasteiger partial charge in [-0.2, -0.15) is 0 Å². The summed E-state index contributed by atoms with van der Waals surface area (Å²) in [5.74, 6) is 0. The fraction of sp³-hybridized carbons (Fsp3) is 0.750. The van der Waals surface area contributed by atoms with Crippen LogP contribution in [0.1, 0.15) is 50.3 Å². The molecule has 1 aromatic heterocycles. The second-order valence-corrected chi connectivity index (χ2v) is 8.08. The molecule has 2 fully saturated rings. The summed E-state index contributed by atoms with van der Waals surface area (Å²) in [6.07, 6.45) is 8.15. The topological polar surface area (TPSA) is 15.3 Å². The van der Waals surface area contributed by atoms with Crippen LogP contribution < -0.4 is 5.32 Å². The molecule has 0 aromatic carbocycles. The van der Waals surface area contributed by atoms with Crippen molar-refractivity contribution >= 4 is 27.3 Å². The summed E-state index contributed by atoms with van der Waals surface area (Å²) >= 11 is 5.58. The molecule has 20 heavy (non-hydrogen) atoms. The van der Waals surface area contributed by atoms with Gasteiger partial charge in [-0.05, 0) is 66.0 Å². The molecule has 0 aliphatic carbocycles. The molecule has 3 rings (SSSR count). The zero-order chi connectivity index (χ0) is 13.9. The quantitative estimate of drug-likeness (QED) is 0.841. The van der Waals surface area contributed by atoms with Gasteiger partial charge in [-0.25, -0.2) is 0 Å². The van der Waals surface area contributed by atoms with E-state index < -0.39 is 0 Å². The largest absolute Gasteiger partial charge is 0.314 e. The molecule has 3 heterocycles. The van der Waals surface area contributed by atoms with Gasteiger partial charge < -0.3 is 5.32 Å². The monoisotopic (exact) mass is 356 g/mol. The number of hydrogen-bond donors (Lipinski definition) is 1. The maximum absolute atomic E-state index is 3.76. The predicted molar refractivity (Wildman–Crippen MR) is 90.3 cm³/mol. The Labute approximate surface area is 135 Å². The highest BCUT2D eigenvalue weighted by molar-refractivity contribution is 9.10. The van der Waals surface area contributed by atoms with E-state index in [1.165, 1.54) is 54.4 Å². The number of nitrogens with one attached hydrogen (secondary N) is 1. The van der Waals surface area contributed by atoms with Gasteiger partial charge >= 0.3 is 0 Å². The van der Waals surface area contributed by atoms with E-state index in [1.807, 2.05) is 11.3 Å². The first kappa shape index (κ1) is 15.0. The minimum atomic E-state index is 0.758. The van der Waals surface area contributed by atoms with Gasteiger partial charge in [0.05, 0.1) is 0 Å². The van der Waals surface area contributed by atoms with Gasteiger partial charge in [-0.15, -0.1) is 11.3 Å². The zero-order valence-electron chi connectivity index (χ0n) is 12.3. The molecule has 2 atom stereocenters. The third-order valence-corrected chi connectivity index (χ3v) is 6.74. The summed E-state index contributed by atoms with van der Waals surface area (Å²) in [5, 5.41) is 5.96. The lowest BCUT2D eigenvalue weighted by molar-refractivity contribution is 0.0184. The third kappa shape index (κ3) is 3.29. The van der Waals surface area contributed by atoms with Gasteiger partial charge in [0, 0.05) is 34.0 Å². The molecule has 2 nitrogen and oxygen atoms in total. The number of halogens is 1. The van der Waals surface area contributed by atoms with E-state index in [-0.39, 0.29) is 0 Å². The number of hydrogen-bond acceptors (Lipinski definition) is 3. The number of thiophene rings is 1. The van der Waals surface area contributed by atoms with E-state index in [4.69, 9.17) is 0 Å². The smallest absolute Gasteiger partial charge is 0.0345 e. The Morgan fingerprint density at radius 3 is 2.70 bits per heavy atom. The summed E-state index contributed by atoms with van der Waals surface area (Å²) in [5.41, 5.74) is 0. The second kappa shape index (κ2) is 6.91. The second-order valence-electron chi connectivity index (χ2n) is 6.23. The van der Waals surface area contributed by atoms with Crippen molar-refractivity contribution in [3.05, 3.63) is 20.8 Å². The Balaban J connectivity index is 1.65. The first-order valence-electron chi connectivity index (χ1n) is 7.99. The molecular weight excluding hydrogens is 332 g/mol. The van der Waals surface area contributed by atoms with E-state index >= 15 is 0 Å². The number of rotatable bonds is 5. The summed E-state index contributed by atoms with van der Waals surface area (Å²) in [7, 11) is 0. The van der Waals surface area contributed by atoms with Gasteiger partial charge in [-0.1, -0.05) is 13.3 Å². The highest BCUT2D eigenvalue weighted by Gasteiger charge is 2.38. The van der Waals surface area contributed by atoms with E-state index in [9.17, 15) is 0 Å². The Bertz CT molecular complexity index is 420. The highest BCUT2D eigenvalue weighted by atomic mass is 79.9. The molecule has 112 valence electrons. The predicted octanol–water partition coefficient (Wildman–Crippen LogP) is 4.40. The third-order valence-electron chi connectivity index (χ3n) is 4.83. The first-order chi connectivity index (χ1) is 9.78. The van der Waals surface area contributed by atoms with Crippen molar-refractivity contribution in [2.75, 3.05) is 6.54 Å². The van der Waals surface area contributed by atoms with Crippen LogP contribution in [-0.4, -0.2) is 29.6 Å². The van der Waals surface area contributed by atoms with Gasteiger partial charge in [0.2, 0.25) is 0 Å². The SMILES string of the molecule is CCCNC1CC2CCCC(C1)N2Cc1sccc1Br. The molecule has 2 bridgehead atoms. The van der Waals surface area contributed by atoms with Crippen molar-refractivity contribution < 1.29 is 0 Å². The maximum Gasteiger partial charge on any atom is 0.0345 e. The van der Waals surface area contributed by atoms with Gasteiger partial charge in [0.1, 0.15) is 0 Å². The van der Waals surface area contributed by atoms with Gasteiger partial charge in [0.15, 0.2) is 0 Å². The Morgan fingerprint density at radius 2 is 2.10 bits per heavy atom. The van der Waals surface area contributed by atoms with Crippen molar-refractivity contribution in [2.45, 2.75) is 70.1 Å². The van der Waals surface area contributed by atoms with Crippen molar-refractivity contribution in [3.8, 4) is 0 Å². The minimum absolute atomic E-state index is 0.758. The van der Waals surface area contributed by atoms with Crippen LogP contribution in [0.3, 0.4) is 0 Å². The first-order valence-corrected chi connectivity index (χ1v) is 9.66. The summed E-state index contributed by atoms with van der Waals surface area (Å²) in [6.45, 7) is 4.59. The molecule has 2 saturated heterocycles. The maximum atomic E-state index is 3.76. The summed E-state index contributed by atoms with van der Waals surface area (Å²) in [6, 6.07) is 4.54. The Morgan fingerprint density at radius 1 is 1.35 bits per heavy atom. The molecule has 2 aliphatic rings. The normalized spacial score (nSPS) is 30.6. The number of fused-ring (bicyclic) bond motifs is 2. The van der Waals surface area contributed by atoms with Crippen LogP contribution in [0.5, 0.6) is 0 Å². The molecule has 0 amide bonds. The van der Waals surface area contributed by atoms with Crippen LogP contribution in [0, 0.1) is 0 Å². The fourth-order valence-electron chi connectivity index (χ4n) is 3.86. The van der Waals surface area contributed by atoms with Crippen LogP contribution >= 0.6 is 27.3 Å². The average Bonchev–Trinajstić information content (AvgIpc) is 2.82. The lowest BCUT2D eigenvalue weighted by Crippen LogP contribution is -2.55. The molecular formula is C16H25BrN2S. The lowest BCUT2D eigenvalue weighted by Gasteiger charge is -2.49.